The van der Waals surface area contributed by atoms with Gasteiger partial charge in [-0.05, 0) is 0 Å². The van der Waals surface area contributed by atoms with Crippen molar-refractivity contribution in [3.05, 3.63) is 71.3 Å². The molecular weight excluding hydrogens is 367 g/mol. The van der Waals surface area contributed by atoms with Crippen molar-refractivity contribution >= 4 is 3.27 Å². The summed E-state index contributed by atoms with van der Waals surface area (Å²) in [4.78, 5) is 0. The first-order chi connectivity index (χ1) is 10.1. The molecule has 114 valence electrons. The van der Waals surface area contributed by atoms with Crippen molar-refractivity contribution in [1.29, 1.82) is 0 Å². The molecule has 2 aliphatic carbocycles. The number of hydrogen-bond acceptors (Lipinski definition) is 0. The third-order valence-corrected chi connectivity index (χ3v) is 13.0. The summed E-state index contributed by atoms with van der Waals surface area (Å²) in [5.74, 6) is 0. The van der Waals surface area contributed by atoms with Gasteiger partial charge in [0.1, 0.15) is 0 Å². The zero-order valence-electron chi connectivity index (χ0n) is 13.8. The summed E-state index contributed by atoms with van der Waals surface area (Å²) in [6, 6.07) is 11.3. The van der Waals surface area contributed by atoms with E-state index in [1.54, 1.807) is 21.0 Å². The fourth-order valence-corrected chi connectivity index (χ4v) is 11.5. The summed E-state index contributed by atoms with van der Waals surface area (Å²) in [7, 11) is 0. The summed E-state index contributed by atoms with van der Waals surface area (Å²) in [6.45, 7) is 9.21. The van der Waals surface area contributed by atoms with E-state index in [1.807, 2.05) is 0 Å². The van der Waals surface area contributed by atoms with Crippen LogP contribution >= 0.6 is 0 Å². The summed E-state index contributed by atoms with van der Waals surface area (Å²) in [5.41, 5.74) is 6.16. The van der Waals surface area contributed by atoms with Crippen molar-refractivity contribution in [3.8, 4) is 0 Å². The van der Waals surface area contributed by atoms with Crippen molar-refractivity contribution < 1.29 is 34.2 Å². The zero-order chi connectivity index (χ0) is 15.0. The van der Waals surface area contributed by atoms with Crippen LogP contribution in [0, 0.1) is 0 Å². The molecule has 0 aromatic heterocycles. The standard InChI is InChI=1S/2C7H9.C6H5.ClH.Zr/c2*1-6-4-3-5-7(6)2;1-2-4-6-5-3-1;;/h2*4H,3H2,1-2H3;1-5H;1H;/q;;;;+1/p-1. The maximum atomic E-state index is 2.43. The van der Waals surface area contributed by atoms with Gasteiger partial charge in [-0.15, -0.1) is 0 Å². The molecule has 0 heterocycles. The largest absolute Gasteiger partial charge is 1.00 e. The molecule has 0 aliphatic heterocycles. The second-order valence-electron chi connectivity index (χ2n) is 6.13. The molecular formula is C20H23ClZr. The van der Waals surface area contributed by atoms with E-state index in [2.05, 4.69) is 70.2 Å². The van der Waals surface area contributed by atoms with Gasteiger partial charge in [-0.3, -0.25) is 0 Å². The molecule has 0 atom stereocenters. The molecule has 0 radical (unpaired) electrons. The van der Waals surface area contributed by atoms with E-state index in [4.69, 9.17) is 0 Å². The Labute approximate surface area is 148 Å². The van der Waals surface area contributed by atoms with Crippen LogP contribution in [-0.2, 0) is 21.8 Å². The predicted octanol–water partition coefficient (Wildman–Crippen LogP) is 2.18. The third-order valence-electron chi connectivity index (χ3n) is 4.98. The maximum absolute atomic E-state index is 2.43. The molecule has 0 fully saturated rings. The Bertz CT molecular complexity index is 648. The van der Waals surface area contributed by atoms with Gasteiger partial charge in [0.25, 0.3) is 0 Å². The molecule has 0 saturated heterocycles. The fraction of sp³-hybridized carbons (Fsp3) is 0.300. The minimum Gasteiger partial charge on any atom is -1.00 e. The Morgan fingerprint density at radius 2 is 1.18 bits per heavy atom. The van der Waals surface area contributed by atoms with Crippen LogP contribution in [0.5, 0.6) is 0 Å². The maximum Gasteiger partial charge on any atom is -1.00 e. The molecule has 3 rings (SSSR count). The van der Waals surface area contributed by atoms with E-state index in [1.165, 1.54) is 24.0 Å². The second-order valence-corrected chi connectivity index (χ2v) is 12.4. The third kappa shape index (κ3) is 3.17. The van der Waals surface area contributed by atoms with Gasteiger partial charge < -0.3 is 12.4 Å². The van der Waals surface area contributed by atoms with E-state index in [9.17, 15) is 0 Å². The van der Waals surface area contributed by atoms with Crippen molar-refractivity contribution in [3.63, 3.8) is 0 Å². The Kier molecular flexibility index (Phi) is 5.86. The first-order valence-corrected chi connectivity index (χ1v) is 11.4. The van der Waals surface area contributed by atoms with Gasteiger partial charge in [-0.1, -0.05) is 0 Å². The molecule has 0 N–H and O–H groups in total. The van der Waals surface area contributed by atoms with Crippen LogP contribution in [-0.4, -0.2) is 0 Å². The number of allylic oxidation sites excluding steroid dienone is 8. The van der Waals surface area contributed by atoms with E-state index in [0.717, 1.165) is 0 Å². The van der Waals surface area contributed by atoms with Gasteiger partial charge in [0.2, 0.25) is 0 Å². The molecule has 1 aromatic carbocycles. The van der Waals surface area contributed by atoms with E-state index >= 15 is 0 Å². The molecule has 0 amide bonds. The number of rotatable bonds is 3. The molecule has 2 aliphatic rings. The van der Waals surface area contributed by atoms with Crippen molar-refractivity contribution in [2.24, 2.45) is 0 Å². The first kappa shape index (κ1) is 17.7. The van der Waals surface area contributed by atoms with E-state index in [-0.39, 0.29) is 12.4 Å². The van der Waals surface area contributed by atoms with Crippen LogP contribution in [0.1, 0.15) is 40.5 Å². The van der Waals surface area contributed by atoms with Crippen LogP contribution < -0.4 is 15.7 Å². The van der Waals surface area contributed by atoms with Crippen molar-refractivity contribution in [2.75, 3.05) is 0 Å². The van der Waals surface area contributed by atoms with Gasteiger partial charge in [0, 0.05) is 0 Å². The SMILES string of the molecule is CC1=CC[C]([Zr+]([C]2=C(C)C(C)=CC2)[c]2ccccc2)=C1C.[Cl-]. The second kappa shape index (κ2) is 7.28. The number of benzene rings is 1. The molecule has 0 bridgehead atoms. The summed E-state index contributed by atoms with van der Waals surface area (Å²) in [6.07, 6.45) is 7.24. The summed E-state index contributed by atoms with van der Waals surface area (Å²) >= 11 is -1.94. The van der Waals surface area contributed by atoms with Crippen molar-refractivity contribution in [2.45, 2.75) is 40.5 Å². The topological polar surface area (TPSA) is 0 Å². The normalized spacial score (nSPS) is 17.5. The quantitative estimate of drug-likeness (QED) is 0.743. The Balaban J connectivity index is 0.00000176. The molecule has 2 heteroatoms. The Morgan fingerprint density at radius 3 is 1.55 bits per heavy atom. The average Bonchev–Trinajstić information content (AvgIpc) is 2.99. The monoisotopic (exact) mass is 388 g/mol. The average molecular weight is 390 g/mol. The molecule has 22 heavy (non-hydrogen) atoms. The minimum atomic E-state index is -1.94. The van der Waals surface area contributed by atoms with Crippen LogP contribution in [0.3, 0.4) is 0 Å². The minimum absolute atomic E-state index is 0. The Hall–Kier alpha value is -0.647. The van der Waals surface area contributed by atoms with Gasteiger partial charge >= 0.3 is 137 Å². The smallest absolute Gasteiger partial charge is 1.00 e. The van der Waals surface area contributed by atoms with Gasteiger partial charge in [-0.2, -0.15) is 0 Å². The van der Waals surface area contributed by atoms with Crippen LogP contribution in [0.2, 0.25) is 0 Å². The van der Waals surface area contributed by atoms with E-state index < -0.39 is 21.8 Å². The van der Waals surface area contributed by atoms with Crippen LogP contribution in [0.25, 0.3) is 0 Å². The van der Waals surface area contributed by atoms with Gasteiger partial charge in [-0.25, -0.2) is 0 Å². The predicted molar refractivity (Wildman–Crippen MR) is 88.2 cm³/mol. The summed E-state index contributed by atoms with van der Waals surface area (Å²) in [5, 5.41) is 0. The zero-order valence-corrected chi connectivity index (χ0v) is 17.0. The molecule has 0 nitrogen and oxygen atoms in total. The van der Waals surface area contributed by atoms with Crippen LogP contribution in [0.15, 0.2) is 71.3 Å². The molecule has 1 aromatic rings. The number of hydrogen-bond donors (Lipinski definition) is 0. The molecule has 0 saturated carbocycles. The van der Waals surface area contributed by atoms with Crippen LogP contribution in [0.4, 0.5) is 0 Å². The molecule has 0 unspecified atom stereocenters. The number of halogens is 1. The summed E-state index contributed by atoms with van der Waals surface area (Å²) < 4.78 is 5.21. The van der Waals surface area contributed by atoms with Crippen molar-refractivity contribution in [1.82, 2.24) is 0 Å². The Morgan fingerprint density at radius 1 is 0.727 bits per heavy atom. The van der Waals surface area contributed by atoms with E-state index in [0.29, 0.717) is 0 Å². The molecule has 0 spiro atoms. The fourth-order valence-electron chi connectivity index (χ4n) is 3.31. The van der Waals surface area contributed by atoms with Gasteiger partial charge in [0.15, 0.2) is 0 Å². The first-order valence-electron chi connectivity index (χ1n) is 7.76. The van der Waals surface area contributed by atoms with Gasteiger partial charge in [0.05, 0.1) is 0 Å².